The third-order valence-corrected chi connectivity index (χ3v) is 6.18. The molecule has 27 heavy (non-hydrogen) atoms. The van der Waals surface area contributed by atoms with E-state index in [1.54, 1.807) is 0 Å². The Morgan fingerprint density at radius 1 is 1.19 bits per heavy atom. The molecule has 1 atom stereocenters. The van der Waals surface area contributed by atoms with Crippen LogP contribution in [-0.4, -0.2) is 21.8 Å². The summed E-state index contributed by atoms with van der Waals surface area (Å²) < 4.78 is 24.8. The number of carbonyl (C=O) groups excluding carboxylic acids is 1. The predicted molar refractivity (Wildman–Crippen MR) is 109 cm³/mol. The number of rotatable bonds is 4. The Labute approximate surface area is 160 Å². The summed E-state index contributed by atoms with van der Waals surface area (Å²) in [5, 5.41) is 2.78. The summed E-state index contributed by atoms with van der Waals surface area (Å²) >= 11 is 0. The molecule has 1 amide bonds. The maximum Gasteiger partial charge on any atom is 0.411 e. The van der Waals surface area contributed by atoms with Gasteiger partial charge >= 0.3 is 6.09 Å². The number of hydrogen-bond acceptors (Lipinski definition) is 4. The third kappa shape index (κ3) is 4.98. The topological polar surface area (TPSA) is 79.2 Å². The van der Waals surface area contributed by atoms with Crippen LogP contribution in [0.25, 0.3) is 5.57 Å². The Morgan fingerprint density at radius 3 is 2.44 bits per heavy atom. The second kappa shape index (κ2) is 7.96. The van der Waals surface area contributed by atoms with Gasteiger partial charge in [0.05, 0.1) is 5.75 Å². The van der Waals surface area contributed by atoms with Gasteiger partial charge in [-0.1, -0.05) is 36.4 Å². The van der Waals surface area contributed by atoms with E-state index >= 15 is 0 Å². The van der Waals surface area contributed by atoms with Gasteiger partial charge in [0.2, 0.25) is 0 Å². The molecule has 2 aromatic rings. The van der Waals surface area contributed by atoms with Crippen molar-refractivity contribution < 1.29 is 13.7 Å². The Balaban J connectivity index is 1.69. The first-order chi connectivity index (χ1) is 12.8. The Kier molecular flexibility index (Phi) is 5.65. The highest BCUT2D eigenvalue weighted by Gasteiger charge is 2.18. The van der Waals surface area contributed by atoms with Gasteiger partial charge in [0.15, 0.2) is 0 Å². The number of ether oxygens (including phenoxy) is 1. The van der Waals surface area contributed by atoms with E-state index in [2.05, 4.69) is 5.32 Å². The molecule has 1 aliphatic heterocycles. The summed E-state index contributed by atoms with van der Waals surface area (Å²) in [6.45, 7) is 4.22. The van der Waals surface area contributed by atoms with Crippen molar-refractivity contribution in [2.75, 3.05) is 16.8 Å². The van der Waals surface area contributed by atoms with Crippen LogP contribution in [0.15, 0.2) is 48.5 Å². The highest BCUT2D eigenvalue weighted by Crippen LogP contribution is 2.31. The second-order valence-electron chi connectivity index (χ2n) is 6.83. The minimum absolute atomic E-state index is 0.224. The van der Waals surface area contributed by atoms with Crippen LogP contribution in [0, 0.1) is 18.6 Å². The van der Waals surface area contributed by atoms with Crippen LogP contribution in [0.3, 0.4) is 0 Å². The van der Waals surface area contributed by atoms with Gasteiger partial charge in [-0.2, -0.15) is 0 Å². The Bertz CT molecular complexity index is 957. The van der Waals surface area contributed by atoms with Crippen molar-refractivity contribution in [3.63, 3.8) is 0 Å². The summed E-state index contributed by atoms with van der Waals surface area (Å²) in [4.78, 5) is 12.1. The van der Waals surface area contributed by atoms with Gasteiger partial charge in [-0.05, 0) is 60.2 Å². The molecule has 6 heteroatoms. The lowest BCUT2D eigenvalue weighted by Gasteiger charge is -2.20. The van der Waals surface area contributed by atoms with Crippen LogP contribution in [0.2, 0.25) is 0 Å². The summed E-state index contributed by atoms with van der Waals surface area (Å²) in [7, 11) is -2.45. The third-order valence-electron chi connectivity index (χ3n) is 4.61. The van der Waals surface area contributed by atoms with Gasteiger partial charge in [0.25, 0.3) is 0 Å². The van der Waals surface area contributed by atoms with E-state index in [4.69, 9.17) is 9.52 Å². The molecule has 0 fully saturated rings. The number of anilines is 1. The van der Waals surface area contributed by atoms with Gasteiger partial charge in [-0.15, -0.1) is 0 Å². The quantitative estimate of drug-likeness (QED) is 0.788. The molecule has 142 valence electrons. The van der Waals surface area contributed by atoms with Crippen LogP contribution < -0.4 is 5.32 Å². The number of allylic oxidation sites excluding steroid dienone is 1. The van der Waals surface area contributed by atoms with Gasteiger partial charge in [-0.25, -0.2) is 9.00 Å². The number of amides is 1. The van der Waals surface area contributed by atoms with Crippen LogP contribution in [-0.2, 0) is 21.1 Å². The molecule has 3 rings (SSSR count). The molecule has 0 spiro atoms. The van der Waals surface area contributed by atoms with E-state index in [0.29, 0.717) is 23.6 Å². The molecule has 1 heterocycles. The average molecular weight is 385 g/mol. The fraction of sp³-hybridized carbons (Fsp3) is 0.286. The van der Waals surface area contributed by atoms with Gasteiger partial charge in [0.1, 0.15) is 6.61 Å². The largest absolute Gasteiger partial charge is 0.444 e. The number of aryl methyl sites for hydroxylation is 2. The van der Waals surface area contributed by atoms with Gasteiger partial charge in [0, 0.05) is 21.2 Å². The van der Waals surface area contributed by atoms with Gasteiger partial charge in [-0.3, -0.25) is 10.1 Å². The molecular formula is C21H24N2O3S. The van der Waals surface area contributed by atoms with Crippen LogP contribution in [0.4, 0.5) is 10.5 Å². The lowest BCUT2D eigenvalue weighted by molar-refractivity contribution is 0.155. The zero-order valence-corrected chi connectivity index (χ0v) is 16.4. The van der Waals surface area contributed by atoms with Gasteiger partial charge < -0.3 is 4.74 Å². The van der Waals surface area contributed by atoms with Crippen LogP contribution in [0.1, 0.15) is 28.7 Å². The monoisotopic (exact) mass is 384 g/mol. The highest BCUT2D eigenvalue weighted by molar-refractivity contribution is 7.92. The van der Waals surface area contributed by atoms with Crippen LogP contribution in [0.5, 0.6) is 0 Å². The number of benzene rings is 2. The molecule has 1 aliphatic rings. The maximum atomic E-state index is 12.1. The molecule has 5 nitrogen and oxygen atoms in total. The average Bonchev–Trinajstić information content (AvgIpc) is 2.61. The number of carbonyl (C=O) groups is 1. The Hall–Kier alpha value is -2.60. The molecule has 0 aliphatic carbocycles. The van der Waals surface area contributed by atoms with Crippen molar-refractivity contribution in [1.29, 1.82) is 4.78 Å². The minimum Gasteiger partial charge on any atom is -0.444 e. The molecular weight excluding hydrogens is 360 g/mol. The van der Waals surface area contributed by atoms with Crippen molar-refractivity contribution in [1.82, 2.24) is 0 Å². The zero-order valence-electron chi connectivity index (χ0n) is 15.6. The van der Waals surface area contributed by atoms with E-state index < -0.39 is 15.8 Å². The molecule has 2 aromatic carbocycles. The lowest BCUT2D eigenvalue weighted by atomic mass is 9.93. The lowest BCUT2D eigenvalue weighted by Crippen LogP contribution is -2.15. The van der Waals surface area contributed by atoms with E-state index in [9.17, 15) is 9.00 Å². The van der Waals surface area contributed by atoms with E-state index in [-0.39, 0.29) is 6.61 Å². The first kappa shape index (κ1) is 19.2. The molecule has 0 radical (unpaired) electrons. The first-order valence-corrected chi connectivity index (χ1v) is 10.8. The predicted octanol–water partition coefficient (Wildman–Crippen LogP) is 4.89. The van der Waals surface area contributed by atoms with Crippen molar-refractivity contribution in [2.24, 2.45) is 0 Å². The molecule has 0 saturated heterocycles. The summed E-state index contributed by atoms with van der Waals surface area (Å²) in [6, 6.07) is 13.4. The summed E-state index contributed by atoms with van der Waals surface area (Å²) in [5.74, 6) is 0.719. The maximum absolute atomic E-state index is 12.1. The first-order valence-electron chi connectivity index (χ1n) is 8.86. The minimum atomic E-state index is -2.45. The molecule has 0 bridgehead atoms. The SMILES string of the molecule is Cc1cc(NC(=O)OCc2ccccc2)cc(C)c1C1=CCS(=N)(=O)CC1. The molecule has 0 saturated carbocycles. The summed E-state index contributed by atoms with van der Waals surface area (Å²) in [6.07, 6.45) is 2.09. The second-order valence-corrected chi connectivity index (χ2v) is 9.20. The number of nitrogens with one attached hydrogen (secondary N) is 2. The molecule has 0 aromatic heterocycles. The Morgan fingerprint density at radius 2 is 1.85 bits per heavy atom. The highest BCUT2D eigenvalue weighted by atomic mass is 32.2. The van der Waals surface area contributed by atoms with Crippen molar-refractivity contribution >= 4 is 27.1 Å². The number of hydrogen-bond donors (Lipinski definition) is 2. The van der Waals surface area contributed by atoms with E-state index in [1.165, 1.54) is 0 Å². The fourth-order valence-corrected chi connectivity index (χ4v) is 4.53. The van der Waals surface area contributed by atoms with Crippen LogP contribution >= 0.6 is 0 Å². The summed E-state index contributed by atoms with van der Waals surface area (Å²) in [5.41, 5.74) is 5.96. The van der Waals surface area contributed by atoms with E-state index in [1.807, 2.05) is 62.4 Å². The van der Waals surface area contributed by atoms with Crippen molar-refractivity contribution in [3.05, 3.63) is 70.8 Å². The molecule has 1 unspecified atom stereocenters. The molecule has 2 N–H and O–H groups in total. The standard InChI is InChI=1S/C21H24N2O3S/c1-15-12-19(23-21(24)26-14-17-6-4-3-5-7-17)13-16(2)20(15)18-8-10-27(22,25)11-9-18/h3-8,12-13,22H,9-11,14H2,1-2H3,(H,23,24). The van der Waals surface area contributed by atoms with E-state index in [0.717, 1.165) is 27.8 Å². The zero-order chi connectivity index (χ0) is 19.4. The van der Waals surface area contributed by atoms with Crippen molar-refractivity contribution in [3.8, 4) is 0 Å². The normalized spacial score (nSPS) is 19.3. The fourth-order valence-electron chi connectivity index (χ4n) is 3.34. The smallest absolute Gasteiger partial charge is 0.411 e. The van der Waals surface area contributed by atoms with Crippen molar-refractivity contribution in [2.45, 2.75) is 26.9 Å².